The van der Waals surface area contributed by atoms with Crippen LogP contribution in [0.4, 0.5) is 0 Å². The maximum absolute atomic E-state index is 12.6. The van der Waals surface area contributed by atoms with Gasteiger partial charge < -0.3 is 14.3 Å². The van der Waals surface area contributed by atoms with Crippen LogP contribution in [0.2, 0.25) is 0 Å². The van der Waals surface area contributed by atoms with Crippen molar-refractivity contribution in [3.8, 4) is 11.5 Å². The second kappa shape index (κ2) is 7.32. The van der Waals surface area contributed by atoms with Crippen LogP contribution in [-0.4, -0.2) is 26.7 Å². The van der Waals surface area contributed by atoms with Crippen LogP contribution >= 0.6 is 0 Å². The molecule has 1 fully saturated rings. The van der Waals surface area contributed by atoms with E-state index in [1.165, 1.54) is 25.7 Å². The average Bonchev–Trinajstić information content (AvgIpc) is 3.11. The lowest BCUT2D eigenvalue weighted by Gasteiger charge is -2.16. The summed E-state index contributed by atoms with van der Waals surface area (Å²) in [7, 11) is 0. The van der Waals surface area contributed by atoms with Crippen LogP contribution in [0.15, 0.2) is 34.9 Å². The van der Waals surface area contributed by atoms with Gasteiger partial charge in [-0.1, -0.05) is 43.9 Å². The molecule has 0 saturated heterocycles. The normalized spacial score (nSPS) is 15.9. The van der Waals surface area contributed by atoms with E-state index in [4.69, 9.17) is 4.42 Å². The molecule has 1 aliphatic rings. The third kappa shape index (κ3) is 3.49. The zero-order valence-corrected chi connectivity index (χ0v) is 15.1. The molecular formula is C20H24N4O2. The van der Waals surface area contributed by atoms with E-state index in [0.29, 0.717) is 24.4 Å². The van der Waals surface area contributed by atoms with E-state index in [-0.39, 0.29) is 5.91 Å². The van der Waals surface area contributed by atoms with Crippen LogP contribution in [0.25, 0.3) is 22.4 Å². The van der Waals surface area contributed by atoms with Gasteiger partial charge in [-0.3, -0.25) is 4.79 Å². The van der Waals surface area contributed by atoms with Crippen molar-refractivity contribution in [3.05, 3.63) is 36.4 Å². The number of aromatic nitrogens is 3. The van der Waals surface area contributed by atoms with Crippen molar-refractivity contribution < 1.29 is 9.21 Å². The number of amides is 1. The number of carbonyl (C=O) groups is 1. The number of hydrogen-bond donors (Lipinski definition) is 1. The molecule has 0 bridgehead atoms. The number of hydrogen-bond acceptors (Lipinski definition) is 4. The molecule has 136 valence electrons. The second-order valence-electron chi connectivity index (χ2n) is 7.07. The SMILES string of the molecule is Cc1nnc(-c2cn(CC(=O)NC3CCCCCC3)c3ccccc23)o1. The van der Waals surface area contributed by atoms with Gasteiger partial charge in [0, 0.05) is 30.1 Å². The lowest BCUT2D eigenvalue weighted by Crippen LogP contribution is -2.36. The molecule has 1 N–H and O–H groups in total. The summed E-state index contributed by atoms with van der Waals surface area (Å²) in [6, 6.07) is 8.30. The zero-order valence-electron chi connectivity index (χ0n) is 15.1. The maximum Gasteiger partial charge on any atom is 0.249 e. The fraction of sp³-hybridized carbons (Fsp3) is 0.450. The van der Waals surface area contributed by atoms with E-state index in [0.717, 1.165) is 29.3 Å². The van der Waals surface area contributed by atoms with Crippen molar-refractivity contribution in [2.24, 2.45) is 0 Å². The van der Waals surface area contributed by atoms with Crippen LogP contribution in [-0.2, 0) is 11.3 Å². The molecule has 2 aromatic heterocycles. The zero-order chi connectivity index (χ0) is 17.9. The van der Waals surface area contributed by atoms with Gasteiger partial charge in [0.2, 0.25) is 17.7 Å². The fourth-order valence-electron chi connectivity index (χ4n) is 3.81. The quantitative estimate of drug-likeness (QED) is 0.724. The van der Waals surface area contributed by atoms with Crippen LogP contribution in [0.1, 0.15) is 44.4 Å². The van der Waals surface area contributed by atoms with Crippen molar-refractivity contribution >= 4 is 16.8 Å². The van der Waals surface area contributed by atoms with Gasteiger partial charge in [0.15, 0.2) is 0 Å². The Balaban J connectivity index is 1.57. The highest BCUT2D eigenvalue weighted by Crippen LogP contribution is 2.29. The van der Waals surface area contributed by atoms with Gasteiger partial charge in [-0.2, -0.15) is 0 Å². The Bertz CT molecular complexity index is 904. The molecule has 0 atom stereocenters. The second-order valence-corrected chi connectivity index (χ2v) is 7.07. The van der Waals surface area contributed by atoms with Crippen LogP contribution < -0.4 is 5.32 Å². The van der Waals surface area contributed by atoms with Gasteiger partial charge in [-0.15, -0.1) is 10.2 Å². The summed E-state index contributed by atoms with van der Waals surface area (Å²) < 4.78 is 7.56. The minimum absolute atomic E-state index is 0.0610. The summed E-state index contributed by atoms with van der Waals surface area (Å²) >= 11 is 0. The summed E-state index contributed by atoms with van der Waals surface area (Å²) in [4.78, 5) is 12.6. The van der Waals surface area contributed by atoms with Crippen LogP contribution in [0.5, 0.6) is 0 Å². The molecule has 0 spiro atoms. The monoisotopic (exact) mass is 352 g/mol. The topological polar surface area (TPSA) is 73.0 Å². The summed E-state index contributed by atoms with van der Waals surface area (Å²) in [6.07, 6.45) is 9.08. The number of benzene rings is 1. The molecule has 0 aliphatic heterocycles. The van der Waals surface area contributed by atoms with E-state index in [2.05, 4.69) is 15.5 Å². The molecule has 4 rings (SSSR count). The van der Waals surface area contributed by atoms with Gasteiger partial charge >= 0.3 is 0 Å². The number of aryl methyl sites for hydroxylation is 1. The molecule has 6 nitrogen and oxygen atoms in total. The van der Waals surface area contributed by atoms with Gasteiger partial charge in [0.25, 0.3) is 0 Å². The molecule has 1 amide bonds. The summed E-state index contributed by atoms with van der Waals surface area (Å²) in [5.41, 5.74) is 1.86. The predicted octanol–water partition coefficient (Wildman–Crippen LogP) is 3.84. The molecule has 6 heteroatoms. The van der Waals surface area contributed by atoms with Gasteiger partial charge in [0.1, 0.15) is 6.54 Å². The molecule has 1 saturated carbocycles. The van der Waals surface area contributed by atoms with E-state index in [9.17, 15) is 4.79 Å². The van der Waals surface area contributed by atoms with Crippen molar-refractivity contribution in [2.75, 3.05) is 0 Å². The highest BCUT2D eigenvalue weighted by atomic mass is 16.4. The van der Waals surface area contributed by atoms with Crippen molar-refractivity contribution in [1.29, 1.82) is 0 Å². The largest absolute Gasteiger partial charge is 0.421 e. The minimum atomic E-state index is 0.0610. The Morgan fingerprint density at radius 2 is 1.96 bits per heavy atom. The first-order chi connectivity index (χ1) is 12.7. The Morgan fingerprint density at radius 1 is 1.19 bits per heavy atom. The molecule has 0 radical (unpaired) electrons. The van der Waals surface area contributed by atoms with E-state index < -0.39 is 0 Å². The third-order valence-electron chi connectivity index (χ3n) is 5.08. The first-order valence-corrected chi connectivity index (χ1v) is 9.38. The smallest absolute Gasteiger partial charge is 0.249 e. The number of fused-ring (bicyclic) bond motifs is 1. The Morgan fingerprint density at radius 3 is 2.69 bits per heavy atom. The number of para-hydroxylation sites is 1. The first-order valence-electron chi connectivity index (χ1n) is 9.38. The summed E-state index contributed by atoms with van der Waals surface area (Å²) in [6.45, 7) is 2.07. The van der Waals surface area contributed by atoms with Crippen molar-refractivity contribution in [1.82, 2.24) is 20.1 Å². The van der Waals surface area contributed by atoms with Crippen LogP contribution in [0, 0.1) is 6.92 Å². The molecule has 3 aromatic rings. The molecular weight excluding hydrogens is 328 g/mol. The highest BCUT2D eigenvalue weighted by Gasteiger charge is 2.18. The lowest BCUT2D eigenvalue weighted by molar-refractivity contribution is -0.122. The van der Waals surface area contributed by atoms with Gasteiger partial charge in [-0.05, 0) is 18.9 Å². The third-order valence-corrected chi connectivity index (χ3v) is 5.08. The van der Waals surface area contributed by atoms with E-state index in [1.54, 1.807) is 6.92 Å². The molecule has 1 aliphatic carbocycles. The molecule has 0 unspecified atom stereocenters. The number of carbonyl (C=O) groups excluding carboxylic acids is 1. The van der Waals surface area contributed by atoms with Gasteiger partial charge in [0.05, 0.1) is 5.56 Å². The number of nitrogens with zero attached hydrogens (tertiary/aromatic N) is 3. The van der Waals surface area contributed by atoms with Crippen molar-refractivity contribution in [3.63, 3.8) is 0 Å². The number of nitrogens with one attached hydrogen (secondary N) is 1. The maximum atomic E-state index is 12.6. The average molecular weight is 352 g/mol. The molecule has 1 aromatic carbocycles. The summed E-state index contributed by atoms with van der Waals surface area (Å²) in [5, 5.41) is 12.3. The molecule has 26 heavy (non-hydrogen) atoms. The van der Waals surface area contributed by atoms with E-state index in [1.807, 2.05) is 35.0 Å². The van der Waals surface area contributed by atoms with Gasteiger partial charge in [-0.25, -0.2) is 0 Å². The standard InChI is InChI=1S/C20H24N4O2/c1-14-22-23-20(26-14)17-12-24(18-11-7-6-10-16(17)18)13-19(25)21-15-8-4-2-3-5-9-15/h6-7,10-12,15H,2-5,8-9,13H2,1H3,(H,21,25). The number of rotatable bonds is 4. The first kappa shape index (κ1) is 16.8. The Kier molecular flexibility index (Phi) is 4.73. The van der Waals surface area contributed by atoms with Crippen molar-refractivity contribution in [2.45, 2.75) is 58.0 Å². The lowest BCUT2D eigenvalue weighted by atomic mass is 10.1. The fourth-order valence-corrected chi connectivity index (χ4v) is 3.81. The Hall–Kier alpha value is -2.63. The van der Waals surface area contributed by atoms with E-state index >= 15 is 0 Å². The predicted molar refractivity (Wildman–Crippen MR) is 99.6 cm³/mol. The molecule has 2 heterocycles. The Labute approximate surface area is 152 Å². The van der Waals surface area contributed by atoms with Crippen LogP contribution in [0.3, 0.4) is 0 Å². The minimum Gasteiger partial charge on any atom is -0.421 e. The summed E-state index contributed by atoms with van der Waals surface area (Å²) in [5.74, 6) is 1.08. The highest BCUT2D eigenvalue weighted by molar-refractivity contribution is 5.94.